The van der Waals surface area contributed by atoms with Gasteiger partial charge in [-0.15, -0.1) is 0 Å². The van der Waals surface area contributed by atoms with Crippen LogP contribution in [0.15, 0.2) is 60.0 Å². The second kappa shape index (κ2) is 6.54. The van der Waals surface area contributed by atoms with Gasteiger partial charge in [-0.3, -0.25) is 4.98 Å². The summed E-state index contributed by atoms with van der Waals surface area (Å²) in [5.74, 6) is 0.157. The minimum Gasteiger partial charge on any atom is -0.392 e. The molecular weight excluding hydrogens is 414 g/mol. The van der Waals surface area contributed by atoms with Crippen molar-refractivity contribution in [1.29, 1.82) is 0 Å². The van der Waals surface area contributed by atoms with Gasteiger partial charge in [0.25, 0.3) is 0 Å². The van der Waals surface area contributed by atoms with Crippen LogP contribution in [0.4, 0.5) is 0 Å². The van der Waals surface area contributed by atoms with Gasteiger partial charge < -0.3 is 20.1 Å². The molecule has 172 valence electrons. The first kappa shape index (κ1) is 20.3. The molecule has 7 rings (SSSR count). The SMILES string of the molecule is C[C@]12CC=C3C=C4CC[C@@H](O)[C@@H](O)[C@]45CCC3(O5)[C@@H]1C[C@@H](O)[C@@H]2c1ccc2ccncc2c1. The molecule has 1 saturated heterocycles. The predicted molar refractivity (Wildman–Crippen MR) is 125 cm³/mol. The fourth-order valence-corrected chi connectivity index (χ4v) is 8.32. The molecule has 0 radical (unpaired) electrons. The first-order valence-electron chi connectivity index (χ1n) is 12.4. The summed E-state index contributed by atoms with van der Waals surface area (Å²) in [4.78, 5) is 4.29. The highest BCUT2D eigenvalue weighted by atomic mass is 16.5. The van der Waals surface area contributed by atoms with E-state index in [1.165, 1.54) is 5.57 Å². The van der Waals surface area contributed by atoms with Crippen molar-refractivity contribution in [3.05, 3.63) is 65.5 Å². The molecule has 1 unspecified atom stereocenters. The summed E-state index contributed by atoms with van der Waals surface area (Å²) >= 11 is 0. The van der Waals surface area contributed by atoms with Crippen LogP contribution in [0.2, 0.25) is 0 Å². The number of benzene rings is 1. The monoisotopic (exact) mass is 445 g/mol. The lowest BCUT2D eigenvalue weighted by Gasteiger charge is -2.55. The summed E-state index contributed by atoms with van der Waals surface area (Å²) in [7, 11) is 0. The van der Waals surface area contributed by atoms with Crippen LogP contribution in [0.5, 0.6) is 0 Å². The smallest absolute Gasteiger partial charge is 0.119 e. The molecule has 2 aliphatic heterocycles. The van der Waals surface area contributed by atoms with Crippen LogP contribution in [-0.2, 0) is 4.74 Å². The Morgan fingerprint density at radius 3 is 2.76 bits per heavy atom. The van der Waals surface area contributed by atoms with E-state index in [1.54, 1.807) is 0 Å². The Labute approximate surface area is 193 Å². The lowest BCUT2D eigenvalue weighted by molar-refractivity contribution is -0.193. The zero-order chi connectivity index (χ0) is 22.6. The Balaban J connectivity index is 1.34. The summed E-state index contributed by atoms with van der Waals surface area (Å²) in [5.41, 5.74) is 2.10. The number of fused-ring (bicyclic) bond motifs is 2. The van der Waals surface area contributed by atoms with Crippen molar-refractivity contribution in [2.24, 2.45) is 11.3 Å². The Bertz CT molecular complexity index is 1220. The van der Waals surface area contributed by atoms with Gasteiger partial charge in [-0.25, -0.2) is 0 Å². The van der Waals surface area contributed by atoms with Gasteiger partial charge in [-0.2, -0.15) is 0 Å². The average Bonchev–Trinajstić information content (AvgIpc) is 3.29. The number of aliphatic hydroxyl groups excluding tert-OH is 3. The van der Waals surface area contributed by atoms with Crippen molar-refractivity contribution < 1.29 is 20.1 Å². The number of aliphatic hydroxyl groups is 3. The second-order valence-corrected chi connectivity index (χ2v) is 11.3. The fraction of sp³-hybridized carbons (Fsp3) is 0.536. The Kier molecular flexibility index (Phi) is 4.03. The highest BCUT2D eigenvalue weighted by molar-refractivity contribution is 5.82. The van der Waals surface area contributed by atoms with Gasteiger partial charge >= 0.3 is 0 Å². The lowest BCUT2D eigenvalue weighted by Crippen LogP contribution is -2.59. The van der Waals surface area contributed by atoms with Gasteiger partial charge in [0, 0.05) is 29.6 Å². The van der Waals surface area contributed by atoms with Crippen LogP contribution < -0.4 is 0 Å². The molecule has 1 aromatic heterocycles. The van der Waals surface area contributed by atoms with Crippen molar-refractivity contribution in [3.8, 4) is 0 Å². The highest BCUT2D eigenvalue weighted by Crippen LogP contribution is 2.69. The normalized spacial score (nSPS) is 45.8. The van der Waals surface area contributed by atoms with E-state index in [0.717, 1.165) is 47.6 Å². The van der Waals surface area contributed by atoms with Gasteiger partial charge in [0.2, 0.25) is 0 Å². The Hall–Kier alpha value is -2.05. The number of hydrogen-bond acceptors (Lipinski definition) is 5. The molecule has 2 saturated carbocycles. The lowest BCUT2D eigenvalue weighted by atomic mass is 9.58. The number of allylic oxidation sites excluding steroid dienone is 1. The maximum atomic E-state index is 11.4. The number of pyridine rings is 1. The largest absolute Gasteiger partial charge is 0.392 e. The molecule has 2 bridgehead atoms. The predicted octanol–water partition coefficient (Wildman–Crippen LogP) is 3.78. The Morgan fingerprint density at radius 2 is 1.88 bits per heavy atom. The molecule has 3 fully saturated rings. The van der Waals surface area contributed by atoms with Crippen LogP contribution in [0, 0.1) is 11.3 Å². The van der Waals surface area contributed by atoms with Crippen molar-refractivity contribution in [1.82, 2.24) is 4.98 Å². The topological polar surface area (TPSA) is 82.8 Å². The Morgan fingerprint density at radius 1 is 1.03 bits per heavy atom. The summed E-state index contributed by atoms with van der Waals surface area (Å²) in [6.45, 7) is 2.31. The van der Waals surface area contributed by atoms with E-state index in [9.17, 15) is 15.3 Å². The molecule has 5 nitrogen and oxygen atoms in total. The van der Waals surface area contributed by atoms with E-state index in [0.29, 0.717) is 12.8 Å². The van der Waals surface area contributed by atoms with Crippen LogP contribution in [-0.4, -0.2) is 49.8 Å². The second-order valence-electron chi connectivity index (χ2n) is 11.3. The summed E-state index contributed by atoms with van der Waals surface area (Å²) in [6.07, 6.45) is 10.7. The number of nitrogens with zero attached hydrogens (tertiary/aromatic N) is 1. The molecular formula is C28H31NO4. The summed E-state index contributed by atoms with van der Waals surface area (Å²) < 4.78 is 6.98. The van der Waals surface area contributed by atoms with Gasteiger partial charge in [-0.1, -0.05) is 31.2 Å². The molecule has 0 amide bonds. The van der Waals surface area contributed by atoms with Gasteiger partial charge in [0.1, 0.15) is 11.7 Å². The van der Waals surface area contributed by atoms with Crippen molar-refractivity contribution in [3.63, 3.8) is 0 Å². The minimum atomic E-state index is -0.887. The fourth-order valence-electron chi connectivity index (χ4n) is 8.32. The number of ether oxygens (including phenoxy) is 1. The molecule has 3 aliphatic carbocycles. The zero-order valence-electron chi connectivity index (χ0n) is 18.9. The molecule has 2 aromatic rings. The highest BCUT2D eigenvalue weighted by Gasteiger charge is 2.69. The summed E-state index contributed by atoms with van der Waals surface area (Å²) in [6, 6.07) is 8.51. The molecule has 33 heavy (non-hydrogen) atoms. The molecule has 1 aromatic carbocycles. The molecule has 2 spiro atoms. The molecule has 5 heteroatoms. The first-order valence-corrected chi connectivity index (χ1v) is 12.4. The molecule has 5 aliphatic rings. The van der Waals surface area contributed by atoms with E-state index in [2.05, 4.69) is 42.3 Å². The number of hydrogen-bond donors (Lipinski definition) is 3. The number of aromatic nitrogens is 1. The van der Waals surface area contributed by atoms with E-state index < -0.39 is 29.5 Å². The van der Waals surface area contributed by atoms with Crippen molar-refractivity contribution >= 4 is 10.8 Å². The zero-order valence-corrected chi connectivity index (χ0v) is 18.9. The van der Waals surface area contributed by atoms with Gasteiger partial charge in [0.15, 0.2) is 0 Å². The van der Waals surface area contributed by atoms with Crippen LogP contribution in [0.25, 0.3) is 10.8 Å². The maximum absolute atomic E-state index is 11.4. The third kappa shape index (κ3) is 2.44. The molecule has 8 atom stereocenters. The van der Waals surface area contributed by atoms with Crippen molar-refractivity contribution in [2.75, 3.05) is 0 Å². The van der Waals surface area contributed by atoms with E-state index in [4.69, 9.17) is 4.74 Å². The van der Waals surface area contributed by atoms with Gasteiger partial charge in [-0.05, 0) is 78.2 Å². The van der Waals surface area contributed by atoms with Crippen molar-refractivity contribution in [2.45, 2.75) is 80.9 Å². The maximum Gasteiger partial charge on any atom is 0.119 e. The van der Waals surface area contributed by atoms with E-state index in [1.807, 2.05) is 18.5 Å². The minimum absolute atomic E-state index is 0.00618. The standard InChI is InChI=1S/C28H31NO4/c1-26-8-6-20-13-19-4-5-21(30)25(32)28(19)10-9-27(20,33-28)23(26)14-22(31)24(26)17-3-2-16-7-11-29-15-18(16)12-17/h2-3,6-7,11-13,15,21-25,30-32H,4-5,8-10,14H2,1H3/t21-,22-,23-,24+,25-,26+,27?,28+/m1/s1. The first-order chi connectivity index (χ1) is 15.9. The number of rotatable bonds is 1. The quantitative estimate of drug-likeness (QED) is 0.622. The van der Waals surface area contributed by atoms with Crippen LogP contribution in [0.3, 0.4) is 0 Å². The van der Waals surface area contributed by atoms with Crippen LogP contribution >= 0.6 is 0 Å². The molecule has 3 heterocycles. The van der Waals surface area contributed by atoms with E-state index in [-0.39, 0.29) is 17.3 Å². The van der Waals surface area contributed by atoms with Crippen LogP contribution in [0.1, 0.15) is 56.9 Å². The summed E-state index contributed by atoms with van der Waals surface area (Å²) in [5, 5.41) is 35.2. The van der Waals surface area contributed by atoms with E-state index >= 15 is 0 Å². The average molecular weight is 446 g/mol. The third-order valence-corrected chi connectivity index (χ3v) is 9.86. The molecule has 3 N–H and O–H groups in total. The van der Waals surface area contributed by atoms with Gasteiger partial charge in [0.05, 0.1) is 17.8 Å². The third-order valence-electron chi connectivity index (χ3n) is 9.86.